The van der Waals surface area contributed by atoms with Gasteiger partial charge >= 0.3 is 6.18 Å². The van der Waals surface area contributed by atoms with E-state index in [0.29, 0.717) is 6.07 Å². The van der Waals surface area contributed by atoms with Gasteiger partial charge in [-0.15, -0.1) is 0 Å². The third-order valence-electron chi connectivity index (χ3n) is 2.94. The van der Waals surface area contributed by atoms with Crippen LogP contribution in [-0.4, -0.2) is 0 Å². The minimum atomic E-state index is -4.54. The first-order chi connectivity index (χ1) is 9.21. The summed E-state index contributed by atoms with van der Waals surface area (Å²) in [6.45, 7) is 1.39. The van der Waals surface area contributed by atoms with Gasteiger partial charge in [-0.3, -0.25) is 0 Å². The summed E-state index contributed by atoms with van der Waals surface area (Å²) in [5.41, 5.74) is 4.28. The van der Waals surface area contributed by atoms with Gasteiger partial charge in [0.05, 0.1) is 5.56 Å². The summed E-state index contributed by atoms with van der Waals surface area (Å²) in [6, 6.07) is 5.14. The van der Waals surface area contributed by atoms with Gasteiger partial charge in [0, 0.05) is 16.8 Å². The van der Waals surface area contributed by atoms with Crippen LogP contribution < -0.4 is 5.73 Å². The van der Waals surface area contributed by atoms with Crippen LogP contribution in [0.25, 0.3) is 11.1 Å². The van der Waals surface area contributed by atoms with Crippen molar-refractivity contribution in [3.8, 4) is 11.1 Å². The monoisotopic (exact) mass is 287 g/mol. The van der Waals surface area contributed by atoms with Crippen LogP contribution in [0.5, 0.6) is 0 Å². The van der Waals surface area contributed by atoms with E-state index in [0.717, 1.165) is 12.1 Å². The first-order valence-electron chi connectivity index (χ1n) is 5.63. The van der Waals surface area contributed by atoms with Crippen molar-refractivity contribution in [1.82, 2.24) is 0 Å². The first-order valence-corrected chi connectivity index (χ1v) is 5.63. The number of halogens is 5. The highest BCUT2D eigenvalue weighted by Crippen LogP contribution is 2.36. The smallest absolute Gasteiger partial charge is 0.398 e. The van der Waals surface area contributed by atoms with Crippen LogP contribution in [0.15, 0.2) is 30.3 Å². The van der Waals surface area contributed by atoms with Crippen LogP contribution in [0.4, 0.5) is 27.6 Å². The van der Waals surface area contributed by atoms with E-state index in [-0.39, 0.29) is 22.4 Å². The van der Waals surface area contributed by atoms with Gasteiger partial charge in [0.15, 0.2) is 11.6 Å². The van der Waals surface area contributed by atoms with Crippen molar-refractivity contribution in [3.63, 3.8) is 0 Å². The zero-order chi connectivity index (χ0) is 15.1. The van der Waals surface area contributed by atoms with E-state index in [9.17, 15) is 22.0 Å². The van der Waals surface area contributed by atoms with Crippen molar-refractivity contribution >= 4 is 5.69 Å². The van der Waals surface area contributed by atoms with E-state index in [2.05, 4.69) is 0 Å². The highest BCUT2D eigenvalue weighted by molar-refractivity contribution is 5.77. The molecule has 2 aromatic rings. The molecule has 2 aromatic carbocycles. The lowest BCUT2D eigenvalue weighted by molar-refractivity contribution is -0.137. The maximum Gasteiger partial charge on any atom is 0.416 e. The predicted molar refractivity (Wildman–Crippen MR) is 65.9 cm³/mol. The molecule has 0 aromatic heterocycles. The van der Waals surface area contributed by atoms with Crippen LogP contribution in [0, 0.1) is 18.6 Å². The summed E-state index contributed by atoms with van der Waals surface area (Å²) >= 11 is 0. The first kappa shape index (κ1) is 14.3. The molecular formula is C14H10F5N. The van der Waals surface area contributed by atoms with Gasteiger partial charge in [-0.25, -0.2) is 8.78 Å². The van der Waals surface area contributed by atoms with Crippen LogP contribution in [0.2, 0.25) is 0 Å². The van der Waals surface area contributed by atoms with Gasteiger partial charge in [0.1, 0.15) is 0 Å². The molecule has 0 bridgehead atoms. The molecule has 0 fully saturated rings. The average Bonchev–Trinajstić information content (AvgIpc) is 2.36. The fourth-order valence-electron chi connectivity index (χ4n) is 1.84. The summed E-state index contributed by atoms with van der Waals surface area (Å²) in [5, 5.41) is 0. The molecule has 0 unspecified atom stereocenters. The molecule has 0 radical (unpaired) electrons. The van der Waals surface area contributed by atoms with Gasteiger partial charge in [-0.1, -0.05) is 18.2 Å². The van der Waals surface area contributed by atoms with Crippen molar-refractivity contribution in [2.45, 2.75) is 13.1 Å². The molecule has 0 amide bonds. The molecule has 6 heteroatoms. The fourth-order valence-corrected chi connectivity index (χ4v) is 1.84. The van der Waals surface area contributed by atoms with Gasteiger partial charge in [0.25, 0.3) is 0 Å². The summed E-state index contributed by atoms with van der Waals surface area (Å²) in [5.74, 6) is -2.17. The number of benzene rings is 2. The normalized spacial score (nSPS) is 11.7. The molecule has 2 rings (SSSR count). The standard InChI is InChI=1S/C14H10F5N/c1-7-2-4-10(13(16)12(7)15)9-5-3-8(6-11(9)20)14(17,18)19/h2-6H,20H2,1H3. The molecule has 20 heavy (non-hydrogen) atoms. The second-order valence-corrected chi connectivity index (χ2v) is 4.36. The molecular weight excluding hydrogens is 277 g/mol. The number of hydrogen-bond acceptors (Lipinski definition) is 1. The lowest BCUT2D eigenvalue weighted by Gasteiger charge is -2.12. The Balaban J connectivity index is 2.58. The summed E-state index contributed by atoms with van der Waals surface area (Å²) in [4.78, 5) is 0. The summed E-state index contributed by atoms with van der Waals surface area (Å²) in [6.07, 6.45) is -4.54. The third-order valence-corrected chi connectivity index (χ3v) is 2.94. The summed E-state index contributed by atoms with van der Waals surface area (Å²) in [7, 11) is 0. The van der Waals surface area contributed by atoms with E-state index in [1.165, 1.54) is 19.1 Å². The number of alkyl halides is 3. The molecule has 2 N–H and O–H groups in total. The van der Waals surface area contributed by atoms with Crippen molar-refractivity contribution in [3.05, 3.63) is 53.1 Å². The Hall–Kier alpha value is -2.11. The number of aryl methyl sites for hydroxylation is 1. The molecule has 0 atom stereocenters. The largest absolute Gasteiger partial charge is 0.416 e. The van der Waals surface area contributed by atoms with Gasteiger partial charge < -0.3 is 5.73 Å². The zero-order valence-electron chi connectivity index (χ0n) is 10.4. The highest BCUT2D eigenvalue weighted by atomic mass is 19.4. The average molecular weight is 287 g/mol. The lowest BCUT2D eigenvalue weighted by Crippen LogP contribution is -2.06. The van der Waals surface area contributed by atoms with E-state index >= 15 is 0 Å². The van der Waals surface area contributed by atoms with Gasteiger partial charge in [-0.2, -0.15) is 13.2 Å². The number of rotatable bonds is 1. The molecule has 106 valence electrons. The number of hydrogen-bond donors (Lipinski definition) is 1. The Labute approximate surface area is 111 Å². The third kappa shape index (κ3) is 2.45. The molecule has 0 saturated heterocycles. The Bertz CT molecular complexity index is 661. The highest BCUT2D eigenvalue weighted by Gasteiger charge is 2.31. The maximum atomic E-state index is 13.8. The molecule has 0 spiro atoms. The van der Waals surface area contributed by atoms with E-state index < -0.39 is 23.4 Å². The zero-order valence-corrected chi connectivity index (χ0v) is 10.4. The quantitative estimate of drug-likeness (QED) is 0.604. The summed E-state index contributed by atoms with van der Waals surface area (Å²) < 4.78 is 64.8. The van der Waals surface area contributed by atoms with Crippen LogP contribution in [0.1, 0.15) is 11.1 Å². The van der Waals surface area contributed by atoms with Crippen LogP contribution in [0.3, 0.4) is 0 Å². The predicted octanol–water partition coefficient (Wildman–Crippen LogP) is 4.54. The Kier molecular flexibility index (Phi) is 3.41. The topological polar surface area (TPSA) is 26.0 Å². The van der Waals surface area contributed by atoms with Gasteiger partial charge in [0.2, 0.25) is 0 Å². The van der Waals surface area contributed by atoms with Gasteiger partial charge in [-0.05, 0) is 24.6 Å². The van der Waals surface area contributed by atoms with Crippen LogP contribution in [-0.2, 0) is 6.18 Å². The van der Waals surface area contributed by atoms with Crippen molar-refractivity contribution in [2.75, 3.05) is 5.73 Å². The van der Waals surface area contributed by atoms with E-state index in [1.54, 1.807) is 0 Å². The van der Waals surface area contributed by atoms with Crippen molar-refractivity contribution < 1.29 is 22.0 Å². The second kappa shape index (κ2) is 4.77. The van der Waals surface area contributed by atoms with Crippen molar-refractivity contribution in [2.24, 2.45) is 0 Å². The van der Waals surface area contributed by atoms with E-state index in [1.807, 2.05) is 0 Å². The number of anilines is 1. The van der Waals surface area contributed by atoms with Crippen molar-refractivity contribution in [1.29, 1.82) is 0 Å². The lowest BCUT2D eigenvalue weighted by atomic mass is 9.99. The fraction of sp³-hybridized carbons (Fsp3) is 0.143. The molecule has 0 aliphatic heterocycles. The Morgan fingerprint density at radius 3 is 2.05 bits per heavy atom. The molecule has 0 heterocycles. The SMILES string of the molecule is Cc1ccc(-c2ccc(C(F)(F)F)cc2N)c(F)c1F. The Morgan fingerprint density at radius 2 is 1.50 bits per heavy atom. The molecule has 0 aliphatic rings. The molecule has 0 saturated carbocycles. The maximum absolute atomic E-state index is 13.8. The minimum absolute atomic E-state index is 0.0226. The molecule has 0 aliphatic carbocycles. The second-order valence-electron chi connectivity index (χ2n) is 4.36. The Morgan fingerprint density at radius 1 is 0.900 bits per heavy atom. The number of nitrogen functional groups attached to an aromatic ring is 1. The molecule has 1 nitrogen and oxygen atoms in total. The minimum Gasteiger partial charge on any atom is -0.398 e. The van der Waals surface area contributed by atoms with Crippen LogP contribution >= 0.6 is 0 Å². The number of nitrogens with two attached hydrogens (primary N) is 1. The van der Waals surface area contributed by atoms with E-state index in [4.69, 9.17) is 5.73 Å².